The zero-order chi connectivity index (χ0) is 10.7. The lowest BCUT2D eigenvalue weighted by Gasteiger charge is -2.08. The number of hydrogen-bond acceptors (Lipinski definition) is 3. The van der Waals surface area contributed by atoms with E-state index in [4.69, 9.17) is 10.00 Å². The van der Waals surface area contributed by atoms with Crippen LogP contribution in [0.5, 0.6) is 5.75 Å². The van der Waals surface area contributed by atoms with Crippen LogP contribution in [0.15, 0.2) is 10.8 Å². The summed E-state index contributed by atoms with van der Waals surface area (Å²) < 4.78 is 29.7. The SMILES string of the molecule is COc1cnc(Br)c(C(F)F)c1C#N. The van der Waals surface area contributed by atoms with Crippen molar-refractivity contribution in [2.75, 3.05) is 7.11 Å². The average molecular weight is 263 g/mol. The summed E-state index contributed by atoms with van der Waals surface area (Å²) in [7, 11) is 1.29. The van der Waals surface area contributed by atoms with Crippen LogP contribution < -0.4 is 4.74 Å². The van der Waals surface area contributed by atoms with Gasteiger partial charge in [-0.25, -0.2) is 13.8 Å². The molecule has 6 heteroatoms. The third kappa shape index (κ3) is 1.82. The first-order chi connectivity index (χ1) is 6.61. The van der Waals surface area contributed by atoms with Gasteiger partial charge in [0.2, 0.25) is 0 Å². The molecule has 0 bridgehead atoms. The van der Waals surface area contributed by atoms with Crippen molar-refractivity contribution < 1.29 is 13.5 Å². The van der Waals surface area contributed by atoms with Crippen molar-refractivity contribution in [3.63, 3.8) is 0 Å². The quantitative estimate of drug-likeness (QED) is 0.770. The third-order valence-electron chi connectivity index (χ3n) is 1.58. The summed E-state index contributed by atoms with van der Waals surface area (Å²) in [6.07, 6.45) is -1.55. The number of pyridine rings is 1. The van der Waals surface area contributed by atoms with E-state index in [1.54, 1.807) is 6.07 Å². The van der Waals surface area contributed by atoms with Crippen molar-refractivity contribution in [2.24, 2.45) is 0 Å². The van der Waals surface area contributed by atoms with E-state index in [9.17, 15) is 8.78 Å². The van der Waals surface area contributed by atoms with E-state index in [0.717, 1.165) is 0 Å². The van der Waals surface area contributed by atoms with Crippen molar-refractivity contribution in [1.29, 1.82) is 5.26 Å². The second-order valence-corrected chi connectivity index (χ2v) is 3.07. The molecule has 0 aliphatic rings. The Morgan fingerprint density at radius 3 is 2.71 bits per heavy atom. The van der Waals surface area contributed by atoms with Crippen LogP contribution in [-0.2, 0) is 0 Å². The van der Waals surface area contributed by atoms with Gasteiger partial charge in [-0.3, -0.25) is 0 Å². The van der Waals surface area contributed by atoms with Crippen molar-refractivity contribution in [2.45, 2.75) is 6.43 Å². The molecule has 0 unspecified atom stereocenters. The molecule has 74 valence electrons. The van der Waals surface area contributed by atoms with Crippen LogP contribution in [0, 0.1) is 11.3 Å². The molecule has 0 aliphatic carbocycles. The molecule has 0 atom stereocenters. The number of aromatic nitrogens is 1. The highest BCUT2D eigenvalue weighted by molar-refractivity contribution is 9.10. The lowest BCUT2D eigenvalue weighted by molar-refractivity contribution is 0.149. The number of methoxy groups -OCH3 is 1. The van der Waals surface area contributed by atoms with Crippen LogP contribution in [0.3, 0.4) is 0 Å². The Morgan fingerprint density at radius 2 is 2.29 bits per heavy atom. The molecular formula is C8H5BrF2N2O. The van der Waals surface area contributed by atoms with Crippen molar-refractivity contribution in [3.05, 3.63) is 21.9 Å². The van der Waals surface area contributed by atoms with Crippen LogP contribution in [0.1, 0.15) is 17.6 Å². The number of halogens is 3. The lowest BCUT2D eigenvalue weighted by atomic mass is 10.1. The number of ether oxygens (including phenoxy) is 1. The Kier molecular flexibility index (Phi) is 3.36. The summed E-state index contributed by atoms with van der Waals surface area (Å²) in [6, 6.07) is 1.66. The van der Waals surface area contributed by atoms with Crippen molar-refractivity contribution in [3.8, 4) is 11.8 Å². The summed E-state index contributed by atoms with van der Waals surface area (Å²) in [4.78, 5) is 3.64. The Labute approximate surface area is 87.5 Å². The van der Waals surface area contributed by atoms with E-state index in [1.165, 1.54) is 13.3 Å². The van der Waals surface area contributed by atoms with Gasteiger partial charge < -0.3 is 4.74 Å². The maximum atomic E-state index is 12.5. The standard InChI is InChI=1S/C8H5BrF2N2O/c1-14-5-3-13-7(9)6(8(10)11)4(5)2-12/h3,8H,1H3. The molecule has 1 aromatic heterocycles. The minimum absolute atomic E-state index is 0.0372. The van der Waals surface area contributed by atoms with Gasteiger partial charge >= 0.3 is 0 Å². The zero-order valence-corrected chi connectivity index (χ0v) is 8.68. The van der Waals surface area contributed by atoms with Gasteiger partial charge in [-0.15, -0.1) is 0 Å². The molecule has 0 spiro atoms. The predicted molar refractivity (Wildman–Crippen MR) is 48.2 cm³/mol. The van der Waals surface area contributed by atoms with E-state index in [2.05, 4.69) is 20.9 Å². The second kappa shape index (κ2) is 4.33. The maximum Gasteiger partial charge on any atom is 0.267 e. The normalized spacial score (nSPS) is 10.0. The fourth-order valence-corrected chi connectivity index (χ4v) is 1.43. The van der Waals surface area contributed by atoms with Gasteiger partial charge in [0.15, 0.2) is 5.75 Å². The van der Waals surface area contributed by atoms with Gasteiger partial charge in [-0.2, -0.15) is 5.26 Å². The van der Waals surface area contributed by atoms with Crippen LogP contribution in [0.2, 0.25) is 0 Å². The van der Waals surface area contributed by atoms with Gasteiger partial charge in [0, 0.05) is 0 Å². The van der Waals surface area contributed by atoms with Gasteiger partial charge in [0.1, 0.15) is 16.2 Å². The molecule has 3 nitrogen and oxygen atoms in total. The van der Waals surface area contributed by atoms with Gasteiger partial charge in [-0.05, 0) is 15.9 Å². The number of nitriles is 1. The first-order valence-electron chi connectivity index (χ1n) is 3.52. The highest BCUT2D eigenvalue weighted by atomic mass is 79.9. The Balaban J connectivity index is 3.45. The van der Waals surface area contributed by atoms with Crippen LogP contribution in [-0.4, -0.2) is 12.1 Å². The number of hydrogen-bond donors (Lipinski definition) is 0. The van der Waals surface area contributed by atoms with Crippen molar-refractivity contribution >= 4 is 15.9 Å². The van der Waals surface area contributed by atoms with E-state index in [0.29, 0.717) is 0 Å². The predicted octanol–water partition coefficient (Wildman–Crippen LogP) is 2.66. The molecule has 0 saturated heterocycles. The fraction of sp³-hybridized carbons (Fsp3) is 0.250. The number of alkyl halides is 2. The first-order valence-corrected chi connectivity index (χ1v) is 4.31. The largest absolute Gasteiger partial charge is 0.494 e. The molecule has 0 saturated carbocycles. The third-order valence-corrected chi connectivity index (χ3v) is 2.21. The maximum absolute atomic E-state index is 12.5. The van der Waals surface area contributed by atoms with Gasteiger partial charge in [0.25, 0.3) is 6.43 Å². The molecule has 0 N–H and O–H groups in total. The monoisotopic (exact) mass is 262 g/mol. The van der Waals surface area contributed by atoms with Gasteiger partial charge in [-0.1, -0.05) is 0 Å². The summed E-state index contributed by atoms with van der Waals surface area (Å²) in [5.74, 6) is 0.0472. The Hall–Kier alpha value is -1.22. The minimum atomic E-state index is -2.76. The number of rotatable bonds is 2. The molecule has 0 fully saturated rings. The smallest absolute Gasteiger partial charge is 0.267 e. The molecule has 1 rings (SSSR count). The highest BCUT2D eigenvalue weighted by Gasteiger charge is 2.21. The Morgan fingerprint density at radius 1 is 1.64 bits per heavy atom. The summed E-state index contributed by atoms with van der Waals surface area (Å²) in [5.41, 5.74) is -0.628. The molecular weight excluding hydrogens is 258 g/mol. The fourth-order valence-electron chi connectivity index (χ4n) is 0.955. The molecule has 0 aliphatic heterocycles. The van der Waals surface area contributed by atoms with E-state index in [1.807, 2.05) is 0 Å². The van der Waals surface area contributed by atoms with Gasteiger partial charge in [0.05, 0.1) is 18.9 Å². The lowest BCUT2D eigenvalue weighted by Crippen LogP contribution is -1.98. The summed E-state index contributed by atoms with van der Waals surface area (Å²) >= 11 is 2.85. The van der Waals surface area contributed by atoms with Crippen molar-refractivity contribution in [1.82, 2.24) is 4.98 Å². The Bertz CT molecular complexity index is 390. The van der Waals surface area contributed by atoms with E-state index in [-0.39, 0.29) is 15.9 Å². The van der Waals surface area contributed by atoms with Crippen LogP contribution >= 0.6 is 15.9 Å². The highest BCUT2D eigenvalue weighted by Crippen LogP contribution is 2.33. The van der Waals surface area contributed by atoms with E-state index < -0.39 is 12.0 Å². The minimum Gasteiger partial charge on any atom is -0.494 e. The molecule has 1 heterocycles. The molecule has 0 amide bonds. The topological polar surface area (TPSA) is 45.9 Å². The molecule has 0 aromatic carbocycles. The first kappa shape index (κ1) is 10.9. The molecule has 14 heavy (non-hydrogen) atoms. The van der Waals surface area contributed by atoms with Crippen LogP contribution in [0.25, 0.3) is 0 Å². The summed E-state index contributed by atoms with van der Waals surface area (Å²) in [6.45, 7) is 0. The second-order valence-electron chi connectivity index (χ2n) is 2.32. The average Bonchev–Trinajstić information content (AvgIpc) is 2.16. The van der Waals surface area contributed by atoms with E-state index >= 15 is 0 Å². The molecule has 0 radical (unpaired) electrons. The molecule has 1 aromatic rings. The summed E-state index contributed by atoms with van der Waals surface area (Å²) in [5, 5.41) is 8.69. The zero-order valence-electron chi connectivity index (χ0n) is 7.09. The number of nitrogens with zero attached hydrogens (tertiary/aromatic N) is 2. The van der Waals surface area contributed by atoms with Crippen LogP contribution in [0.4, 0.5) is 8.78 Å².